The fourth-order valence-electron chi connectivity index (χ4n) is 4.74. The number of pyridine rings is 1. The van der Waals surface area contributed by atoms with E-state index in [2.05, 4.69) is 64.6 Å². The minimum Gasteiger partial charge on any atom is -0.351 e. The van der Waals surface area contributed by atoms with Gasteiger partial charge in [0.25, 0.3) is 0 Å². The molecule has 0 saturated heterocycles. The molecule has 5 rings (SSSR count). The zero-order valence-electron chi connectivity index (χ0n) is 20.2. The number of fused-ring (bicyclic) bond motifs is 1. The van der Waals surface area contributed by atoms with E-state index < -0.39 is 0 Å². The highest BCUT2D eigenvalue weighted by molar-refractivity contribution is 5.72. The van der Waals surface area contributed by atoms with Crippen molar-refractivity contribution in [3.63, 3.8) is 0 Å². The molecule has 0 spiro atoms. The van der Waals surface area contributed by atoms with Gasteiger partial charge in [-0.15, -0.1) is 0 Å². The number of nitrogens with one attached hydrogen (secondary N) is 1. The van der Waals surface area contributed by atoms with Crippen LogP contribution in [0.15, 0.2) is 79.1 Å². The van der Waals surface area contributed by atoms with Crippen molar-refractivity contribution in [3.05, 3.63) is 95.8 Å². The summed E-state index contributed by atoms with van der Waals surface area (Å²) in [7, 11) is 0. The molecule has 6 heteroatoms. The molecule has 0 unspecified atom stereocenters. The number of hydrogen-bond donors (Lipinski definition) is 2. The van der Waals surface area contributed by atoms with Gasteiger partial charge in [-0.2, -0.15) is 4.98 Å². The maximum Gasteiger partial charge on any atom is 0.224 e. The molecule has 0 radical (unpaired) electrons. The van der Waals surface area contributed by atoms with Gasteiger partial charge in [-0.05, 0) is 68.0 Å². The second-order valence-corrected chi connectivity index (χ2v) is 9.17. The summed E-state index contributed by atoms with van der Waals surface area (Å²) in [5.74, 6) is 1.56. The number of anilines is 3. The van der Waals surface area contributed by atoms with Crippen LogP contribution in [0.1, 0.15) is 30.0 Å². The molecule has 0 bridgehead atoms. The Hall–Kier alpha value is -3.77. The monoisotopic (exact) mass is 464 g/mol. The number of aromatic nitrogens is 3. The van der Waals surface area contributed by atoms with E-state index in [1.165, 1.54) is 22.4 Å². The standard InChI is InChI=1S/C29H32N6/c1-21(17-23-8-5-7-22(18-23)12-14-30)33-29-31-15-13-28(34-29)35-16-6-11-25-20-32-26(19-27(25)35)24-9-3-2-4-10-24/h2-5,7-10,13,15,18-21H,6,11-12,14,16-17,30H2,1H3,(H,31,33,34)/t21-/m0/s1. The Morgan fingerprint density at radius 1 is 1.00 bits per heavy atom. The molecule has 2 aromatic carbocycles. The second kappa shape index (κ2) is 10.7. The van der Waals surface area contributed by atoms with Gasteiger partial charge in [-0.25, -0.2) is 4.98 Å². The van der Waals surface area contributed by atoms with Gasteiger partial charge < -0.3 is 16.0 Å². The first-order chi connectivity index (χ1) is 17.2. The minimum absolute atomic E-state index is 0.195. The Labute approximate surface area is 207 Å². The summed E-state index contributed by atoms with van der Waals surface area (Å²) in [5.41, 5.74) is 12.8. The number of nitrogens with two attached hydrogens (primary N) is 1. The molecule has 178 valence electrons. The largest absolute Gasteiger partial charge is 0.351 e. The Morgan fingerprint density at radius 2 is 1.86 bits per heavy atom. The molecule has 4 aromatic rings. The number of rotatable bonds is 8. The maximum absolute atomic E-state index is 5.72. The summed E-state index contributed by atoms with van der Waals surface area (Å²) < 4.78 is 0. The van der Waals surface area contributed by atoms with E-state index in [1.807, 2.05) is 36.7 Å². The topological polar surface area (TPSA) is 80.0 Å². The van der Waals surface area contributed by atoms with Gasteiger partial charge in [0, 0.05) is 36.2 Å². The molecule has 2 aromatic heterocycles. The zero-order chi connectivity index (χ0) is 24.0. The SMILES string of the molecule is C[C@@H](Cc1cccc(CCN)c1)Nc1nccc(N2CCCc3cnc(-c4ccccc4)cc32)n1. The highest BCUT2D eigenvalue weighted by Gasteiger charge is 2.21. The van der Waals surface area contributed by atoms with E-state index in [9.17, 15) is 0 Å². The Morgan fingerprint density at radius 3 is 2.71 bits per heavy atom. The first-order valence-electron chi connectivity index (χ1n) is 12.4. The van der Waals surface area contributed by atoms with E-state index in [4.69, 9.17) is 15.7 Å². The quantitative estimate of drug-likeness (QED) is 0.375. The third kappa shape index (κ3) is 5.49. The maximum atomic E-state index is 5.72. The van der Waals surface area contributed by atoms with Crippen molar-refractivity contribution in [2.75, 3.05) is 23.3 Å². The fourth-order valence-corrected chi connectivity index (χ4v) is 4.74. The third-order valence-electron chi connectivity index (χ3n) is 6.41. The molecule has 1 atom stereocenters. The summed E-state index contributed by atoms with van der Waals surface area (Å²) in [5, 5.41) is 3.50. The van der Waals surface area contributed by atoms with Crippen LogP contribution in [0.25, 0.3) is 11.3 Å². The van der Waals surface area contributed by atoms with Crippen molar-refractivity contribution in [1.29, 1.82) is 0 Å². The first kappa shape index (κ1) is 23.0. The summed E-state index contributed by atoms with van der Waals surface area (Å²) in [6.45, 7) is 3.76. The lowest BCUT2D eigenvalue weighted by molar-refractivity contribution is 0.749. The summed E-state index contributed by atoms with van der Waals surface area (Å²) in [4.78, 5) is 16.4. The van der Waals surface area contributed by atoms with Gasteiger partial charge in [0.05, 0.1) is 5.69 Å². The number of aryl methyl sites for hydroxylation is 1. The van der Waals surface area contributed by atoms with Crippen LogP contribution in [0, 0.1) is 0 Å². The number of hydrogen-bond acceptors (Lipinski definition) is 6. The van der Waals surface area contributed by atoms with Crippen LogP contribution in [0.4, 0.5) is 17.5 Å². The zero-order valence-corrected chi connectivity index (χ0v) is 20.2. The smallest absolute Gasteiger partial charge is 0.224 e. The average molecular weight is 465 g/mol. The van der Waals surface area contributed by atoms with Crippen LogP contribution in [0.3, 0.4) is 0 Å². The summed E-state index contributed by atoms with van der Waals surface area (Å²) in [6, 6.07) is 23.3. The van der Waals surface area contributed by atoms with E-state index in [-0.39, 0.29) is 6.04 Å². The molecule has 0 saturated carbocycles. The molecule has 1 aliphatic heterocycles. The highest BCUT2D eigenvalue weighted by Crippen LogP contribution is 2.34. The summed E-state index contributed by atoms with van der Waals surface area (Å²) in [6.07, 6.45) is 7.76. The van der Waals surface area contributed by atoms with Crippen LogP contribution in [-0.4, -0.2) is 34.1 Å². The molecule has 3 N–H and O–H groups in total. The molecule has 0 aliphatic carbocycles. The van der Waals surface area contributed by atoms with Gasteiger partial charge in [0.2, 0.25) is 5.95 Å². The van der Waals surface area contributed by atoms with Gasteiger partial charge in [-0.3, -0.25) is 4.98 Å². The molecule has 35 heavy (non-hydrogen) atoms. The van der Waals surface area contributed by atoms with Crippen molar-refractivity contribution in [2.24, 2.45) is 5.73 Å². The van der Waals surface area contributed by atoms with E-state index >= 15 is 0 Å². The molecule has 0 amide bonds. The van der Waals surface area contributed by atoms with Crippen molar-refractivity contribution in [2.45, 2.75) is 38.6 Å². The fraction of sp³-hybridized carbons (Fsp3) is 0.276. The van der Waals surface area contributed by atoms with Crippen molar-refractivity contribution < 1.29 is 0 Å². The van der Waals surface area contributed by atoms with E-state index in [0.717, 1.165) is 49.3 Å². The van der Waals surface area contributed by atoms with E-state index in [0.29, 0.717) is 12.5 Å². The Balaban J connectivity index is 1.34. The minimum atomic E-state index is 0.195. The van der Waals surface area contributed by atoms with Crippen LogP contribution in [0.2, 0.25) is 0 Å². The lowest BCUT2D eigenvalue weighted by Gasteiger charge is -2.30. The highest BCUT2D eigenvalue weighted by atomic mass is 15.2. The summed E-state index contributed by atoms with van der Waals surface area (Å²) >= 11 is 0. The molecular formula is C29H32N6. The van der Waals surface area contributed by atoms with Gasteiger partial charge >= 0.3 is 0 Å². The van der Waals surface area contributed by atoms with Crippen LogP contribution >= 0.6 is 0 Å². The van der Waals surface area contributed by atoms with Gasteiger partial charge in [0.1, 0.15) is 5.82 Å². The lowest BCUT2D eigenvalue weighted by Crippen LogP contribution is -2.26. The Bertz CT molecular complexity index is 1270. The van der Waals surface area contributed by atoms with Crippen LogP contribution in [0.5, 0.6) is 0 Å². The van der Waals surface area contributed by atoms with Crippen molar-refractivity contribution in [1.82, 2.24) is 15.0 Å². The van der Waals surface area contributed by atoms with Crippen LogP contribution < -0.4 is 16.0 Å². The molecule has 6 nitrogen and oxygen atoms in total. The predicted molar refractivity (Wildman–Crippen MR) is 143 cm³/mol. The molecule has 0 fully saturated rings. The number of benzene rings is 2. The molecular weight excluding hydrogens is 432 g/mol. The lowest BCUT2D eigenvalue weighted by atomic mass is 10.0. The molecule has 3 heterocycles. The second-order valence-electron chi connectivity index (χ2n) is 9.17. The Kier molecular flexibility index (Phi) is 7.00. The average Bonchev–Trinajstić information content (AvgIpc) is 2.89. The van der Waals surface area contributed by atoms with Gasteiger partial charge in [0.15, 0.2) is 0 Å². The van der Waals surface area contributed by atoms with Crippen molar-refractivity contribution in [3.8, 4) is 11.3 Å². The van der Waals surface area contributed by atoms with E-state index in [1.54, 1.807) is 0 Å². The van der Waals surface area contributed by atoms with Crippen LogP contribution in [-0.2, 0) is 19.3 Å². The molecule has 1 aliphatic rings. The third-order valence-corrected chi connectivity index (χ3v) is 6.41. The number of nitrogens with zero attached hydrogens (tertiary/aromatic N) is 4. The predicted octanol–water partition coefficient (Wildman–Crippen LogP) is 5.17. The first-order valence-corrected chi connectivity index (χ1v) is 12.4. The normalized spacial score (nSPS) is 13.8. The van der Waals surface area contributed by atoms with Crippen molar-refractivity contribution >= 4 is 17.5 Å². The van der Waals surface area contributed by atoms with Gasteiger partial charge in [-0.1, -0.05) is 54.6 Å².